The number of fused-ring (bicyclic) bond motifs is 1. The van der Waals surface area contributed by atoms with Crippen LogP contribution >= 0.6 is 0 Å². The molecule has 210 valence electrons. The van der Waals surface area contributed by atoms with Crippen LogP contribution in [-0.4, -0.2) is 32.2 Å². The fraction of sp³-hybridized carbons (Fsp3) is 0.188. The van der Waals surface area contributed by atoms with Crippen molar-refractivity contribution in [1.82, 2.24) is 4.72 Å². The van der Waals surface area contributed by atoms with Gasteiger partial charge in [-0.15, -0.1) is 0 Å². The van der Waals surface area contributed by atoms with Crippen LogP contribution in [0.25, 0.3) is 11.1 Å². The molecule has 5 rings (SSSR count). The van der Waals surface area contributed by atoms with Crippen LogP contribution in [0.2, 0.25) is 0 Å². The van der Waals surface area contributed by atoms with Crippen LogP contribution in [0.4, 0.5) is 0 Å². The van der Waals surface area contributed by atoms with Gasteiger partial charge in [0.25, 0.3) is 10.0 Å². The van der Waals surface area contributed by atoms with E-state index in [0.717, 1.165) is 11.1 Å². The van der Waals surface area contributed by atoms with E-state index in [2.05, 4.69) is 4.72 Å². The van der Waals surface area contributed by atoms with Gasteiger partial charge in [-0.05, 0) is 70.5 Å². The van der Waals surface area contributed by atoms with Crippen molar-refractivity contribution >= 4 is 21.9 Å². The van der Waals surface area contributed by atoms with Gasteiger partial charge in [-0.2, -0.15) is 0 Å². The zero-order valence-corrected chi connectivity index (χ0v) is 23.4. The Labute approximate surface area is 238 Å². The van der Waals surface area contributed by atoms with E-state index >= 15 is 0 Å². The first kappa shape index (κ1) is 27.9. The maximum atomic E-state index is 13.6. The minimum atomic E-state index is -4.13. The number of benzene rings is 4. The molecule has 1 heterocycles. The second-order valence-electron chi connectivity index (χ2n) is 10.1. The predicted octanol–water partition coefficient (Wildman–Crippen LogP) is 5.74. The van der Waals surface area contributed by atoms with Gasteiger partial charge in [0.15, 0.2) is 11.5 Å². The second-order valence-corrected chi connectivity index (χ2v) is 11.8. The lowest BCUT2D eigenvalue weighted by atomic mass is 9.90. The van der Waals surface area contributed by atoms with Gasteiger partial charge in [-0.25, -0.2) is 17.9 Å². The molecule has 0 fully saturated rings. The van der Waals surface area contributed by atoms with Crippen LogP contribution in [0.3, 0.4) is 0 Å². The number of sulfonamides is 1. The Morgan fingerprint density at radius 2 is 1.51 bits per heavy atom. The van der Waals surface area contributed by atoms with Crippen molar-refractivity contribution in [2.24, 2.45) is 0 Å². The van der Waals surface area contributed by atoms with Crippen LogP contribution in [-0.2, 0) is 21.2 Å². The van der Waals surface area contributed by atoms with E-state index in [9.17, 15) is 23.1 Å². The molecular weight excluding hydrogens is 542 g/mol. The zero-order chi connectivity index (χ0) is 29.1. The largest absolute Gasteiger partial charge is 0.478 e. The first-order chi connectivity index (χ1) is 19.6. The first-order valence-corrected chi connectivity index (χ1v) is 14.6. The van der Waals surface area contributed by atoms with Crippen molar-refractivity contribution in [3.05, 3.63) is 113 Å². The molecule has 0 saturated heterocycles. The molecule has 4 aromatic rings. The number of carbonyl (C=O) groups is 2. The van der Waals surface area contributed by atoms with E-state index < -0.39 is 27.8 Å². The maximum Gasteiger partial charge on any atom is 0.336 e. The highest BCUT2D eigenvalue weighted by Gasteiger charge is 2.28. The van der Waals surface area contributed by atoms with Crippen LogP contribution in [0, 0.1) is 0 Å². The SMILES string of the molecule is CC(C)c1ccc(S(=O)(=O)NC(=O)C(Cc2ccc(-c3ccccc3C(=O)O)cc2)c2ccc3c(c2)OCO3)cc1. The number of ether oxygens (including phenoxy) is 2. The van der Waals surface area contributed by atoms with Crippen molar-refractivity contribution in [1.29, 1.82) is 0 Å². The minimum Gasteiger partial charge on any atom is -0.478 e. The predicted molar refractivity (Wildman–Crippen MR) is 154 cm³/mol. The number of aromatic carboxylic acids is 1. The number of carbonyl (C=O) groups excluding carboxylic acids is 1. The first-order valence-electron chi connectivity index (χ1n) is 13.1. The van der Waals surface area contributed by atoms with Crippen LogP contribution < -0.4 is 14.2 Å². The summed E-state index contributed by atoms with van der Waals surface area (Å²) in [5.41, 5.74) is 3.79. The summed E-state index contributed by atoms with van der Waals surface area (Å²) in [7, 11) is -4.13. The van der Waals surface area contributed by atoms with Crippen LogP contribution in [0.1, 0.15) is 52.7 Å². The molecule has 8 nitrogen and oxygen atoms in total. The normalized spacial score (nSPS) is 13.1. The van der Waals surface area contributed by atoms with Gasteiger partial charge in [-0.3, -0.25) is 4.79 Å². The lowest BCUT2D eigenvalue weighted by Crippen LogP contribution is -2.35. The van der Waals surface area contributed by atoms with E-state index in [1.165, 1.54) is 12.1 Å². The Morgan fingerprint density at radius 3 is 2.20 bits per heavy atom. The highest BCUT2D eigenvalue weighted by atomic mass is 32.2. The van der Waals surface area contributed by atoms with E-state index in [-0.39, 0.29) is 29.6 Å². The van der Waals surface area contributed by atoms with E-state index in [1.54, 1.807) is 78.9 Å². The fourth-order valence-electron chi connectivity index (χ4n) is 4.76. The third kappa shape index (κ3) is 6.10. The zero-order valence-electron chi connectivity index (χ0n) is 22.5. The average Bonchev–Trinajstić information content (AvgIpc) is 3.44. The molecule has 9 heteroatoms. The van der Waals surface area contributed by atoms with Crippen LogP contribution in [0.15, 0.2) is 95.9 Å². The van der Waals surface area contributed by atoms with E-state index in [0.29, 0.717) is 28.2 Å². The quantitative estimate of drug-likeness (QED) is 0.263. The third-order valence-electron chi connectivity index (χ3n) is 7.07. The average molecular weight is 572 g/mol. The minimum absolute atomic E-state index is 0.00105. The summed E-state index contributed by atoms with van der Waals surface area (Å²) in [4.78, 5) is 25.3. The Kier molecular flexibility index (Phi) is 7.81. The number of hydrogen-bond donors (Lipinski definition) is 2. The van der Waals surface area contributed by atoms with Gasteiger partial charge in [0.05, 0.1) is 16.4 Å². The molecule has 0 radical (unpaired) electrons. The highest BCUT2D eigenvalue weighted by molar-refractivity contribution is 7.90. The molecular formula is C32H29NO7S. The smallest absolute Gasteiger partial charge is 0.336 e. The molecule has 1 unspecified atom stereocenters. The second kappa shape index (κ2) is 11.5. The molecule has 0 bridgehead atoms. The summed E-state index contributed by atoms with van der Waals surface area (Å²) >= 11 is 0. The number of rotatable bonds is 9. The number of carboxylic acids is 1. The van der Waals surface area contributed by atoms with E-state index in [4.69, 9.17) is 9.47 Å². The Hall–Kier alpha value is -4.63. The van der Waals surface area contributed by atoms with Gasteiger partial charge < -0.3 is 14.6 Å². The Morgan fingerprint density at radius 1 is 0.854 bits per heavy atom. The fourth-order valence-corrected chi connectivity index (χ4v) is 5.78. The molecule has 2 N–H and O–H groups in total. The summed E-state index contributed by atoms with van der Waals surface area (Å²) in [6.45, 7) is 4.09. The molecule has 1 aliphatic heterocycles. The lowest BCUT2D eigenvalue weighted by molar-refractivity contribution is -0.120. The molecule has 0 spiro atoms. The summed E-state index contributed by atoms with van der Waals surface area (Å²) in [6, 6.07) is 25.5. The van der Waals surface area contributed by atoms with Gasteiger partial charge in [0, 0.05) is 0 Å². The van der Waals surface area contributed by atoms with Crippen molar-refractivity contribution in [3.8, 4) is 22.6 Å². The van der Waals surface area contributed by atoms with Crippen molar-refractivity contribution in [2.75, 3.05) is 6.79 Å². The number of amides is 1. The lowest BCUT2D eigenvalue weighted by Gasteiger charge is -2.19. The topological polar surface area (TPSA) is 119 Å². The summed E-state index contributed by atoms with van der Waals surface area (Å²) in [5.74, 6) is -1.31. The van der Waals surface area contributed by atoms with Crippen molar-refractivity contribution in [3.63, 3.8) is 0 Å². The van der Waals surface area contributed by atoms with Crippen molar-refractivity contribution in [2.45, 2.75) is 37.0 Å². The third-order valence-corrected chi connectivity index (χ3v) is 8.43. The molecule has 0 aromatic heterocycles. The molecule has 0 saturated carbocycles. The molecule has 0 aliphatic carbocycles. The Bertz CT molecular complexity index is 1700. The standard InChI is InChI=1S/C32H29NO7S/c1-20(2)22-11-14-25(15-12-22)41(37,38)33-31(34)28(24-13-16-29-30(18-24)40-19-39-29)17-21-7-9-23(10-8-21)26-5-3-4-6-27(26)32(35)36/h3-16,18,20,28H,17,19H2,1-2H3,(H,33,34)(H,35,36). The van der Waals surface area contributed by atoms with Crippen molar-refractivity contribution < 1.29 is 32.6 Å². The Balaban J connectivity index is 1.43. The molecule has 1 amide bonds. The number of nitrogens with one attached hydrogen (secondary N) is 1. The molecule has 4 aromatic carbocycles. The highest BCUT2D eigenvalue weighted by Crippen LogP contribution is 2.36. The van der Waals surface area contributed by atoms with Gasteiger partial charge in [0.2, 0.25) is 12.7 Å². The van der Waals surface area contributed by atoms with Crippen LogP contribution in [0.5, 0.6) is 11.5 Å². The summed E-state index contributed by atoms with van der Waals surface area (Å²) in [6.07, 6.45) is 0.189. The summed E-state index contributed by atoms with van der Waals surface area (Å²) in [5, 5.41) is 9.55. The number of hydrogen-bond acceptors (Lipinski definition) is 6. The monoisotopic (exact) mass is 571 g/mol. The molecule has 1 atom stereocenters. The van der Waals surface area contributed by atoms with Gasteiger partial charge >= 0.3 is 5.97 Å². The molecule has 1 aliphatic rings. The number of carboxylic acid groups (broad SMARTS) is 1. The maximum absolute atomic E-state index is 13.6. The van der Waals surface area contributed by atoms with Gasteiger partial charge in [0.1, 0.15) is 0 Å². The molecule has 41 heavy (non-hydrogen) atoms. The van der Waals surface area contributed by atoms with E-state index in [1.807, 2.05) is 13.8 Å². The summed E-state index contributed by atoms with van der Waals surface area (Å²) < 4.78 is 39.5. The van der Waals surface area contributed by atoms with Gasteiger partial charge in [-0.1, -0.05) is 74.5 Å².